The summed E-state index contributed by atoms with van der Waals surface area (Å²) in [6.07, 6.45) is 1.66. The standard InChI is InChI=1S/C9H15NO3/c1-13-8(12)7(11)4-10-5-9(6-10)2-3-9/h7,11H,2-6H2,1H3. The second-order valence-electron chi connectivity index (χ2n) is 4.21. The lowest BCUT2D eigenvalue weighted by molar-refractivity contribution is -0.152. The number of methoxy groups -OCH3 is 1. The third-order valence-electron chi connectivity index (χ3n) is 2.98. The van der Waals surface area contributed by atoms with Crippen molar-refractivity contribution in [3.8, 4) is 0 Å². The average molecular weight is 185 g/mol. The van der Waals surface area contributed by atoms with E-state index in [1.54, 1.807) is 0 Å². The van der Waals surface area contributed by atoms with Gasteiger partial charge in [0.2, 0.25) is 0 Å². The quantitative estimate of drug-likeness (QED) is 0.609. The van der Waals surface area contributed by atoms with Gasteiger partial charge >= 0.3 is 5.97 Å². The Balaban J connectivity index is 1.70. The molecule has 74 valence electrons. The van der Waals surface area contributed by atoms with Gasteiger partial charge in [0, 0.05) is 19.6 Å². The van der Waals surface area contributed by atoms with Gasteiger partial charge in [-0.2, -0.15) is 0 Å². The number of carbonyl (C=O) groups is 1. The molecule has 13 heavy (non-hydrogen) atoms. The highest BCUT2D eigenvalue weighted by molar-refractivity contribution is 5.74. The first-order valence-corrected chi connectivity index (χ1v) is 4.63. The van der Waals surface area contributed by atoms with E-state index in [2.05, 4.69) is 9.64 Å². The van der Waals surface area contributed by atoms with E-state index in [1.165, 1.54) is 20.0 Å². The molecule has 1 saturated heterocycles. The molecule has 4 nitrogen and oxygen atoms in total. The van der Waals surface area contributed by atoms with Crippen LogP contribution in [0.1, 0.15) is 12.8 Å². The summed E-state index contributed by atoms with van der Waals surface area (Å²) in [5, 5.41) is 9.33. The maximum absolute atomic E-state index is 10.9. The predicted molar refractivity (Wildman–Crippen MR) is 46.1 cm³/mol. The zero-order valence-corrected chi connectivity index (χ0v) is 7.82. The molecule has 2 fully saturated rings. The van der Waals surface area contributed by atoms with Crippen molar-refractivity contribution in [2.24, 2.45) is 5.41 Å². The molecule has 1 aliphatic carbocycles. The van der Waals surface area contributed by atoms with Crippen LogP contribution >= 0.6 is 0 Å². The minimum Gasteiger partial charge on any atom is -0.467 e. The Morgan fingerprint density at radius 1 is 1.62 bits per heavy atom. The fraction of sp³-hybridized carbons (Fsp3) is 0.889. The molecule has 1 heterocycles. The first kappa shape index (κ1) is 8.97. The molecule has 1 saturated carbocycles. The molecular weight excluding hydrogens is 170 g/mol. The topological polar surface area (TPSA) is 49.8 Å². The number of esters is 1. The number of hydrogen-bond donors (Lipinski definition) is 1. The number of β-amino-alcohol motifs (C(OH)–C–C–N with tert-alkyl or cyclic N) is 1. The van der Waals surface area contributed by atoms with Gasteiger partial charge in [0.05, 0.1) is 7.11 Å². The molecule has 0 bridgehead atoms. The summed E-state index contributed by atoms with van der Waals surface area (Å²) in [5.74, 6) is -0.531. The van der Waals surface area contributed by atoms with Gasteiger partial charge in [0.25, 0.3) is 0 Å². The van der Waals surface area contributed by atoms with Gasteiger partial charge in [-0.15, -0.1) is 0 Å². The smallest absolute Gasteiger partial charge is 0.336 e. The van der Waals surface area contributed by atoms with Crippen molar-refractivity contribution in [2.45, 2.75) is 18.9 Å². The maximum Gasteiger partial charge on any atom is 0.336 e. The lowest BCUT2D eigenvalue weighted by Gasteiger charge is -2.40. The van der Waals surface area contributed by atoms with Crippen LogP contribution in [-0.2, 0) is 9.53 Å². The fourth-order valence-electron chi connectivity index (χ4n) is 1.98. The molecule has 1 atom stereocenters. The van der Waals surface area contributed by atoms with Crippen LogP contribution in [0, 0.1) is 5.41 Å². The van der Waals surface area contributed by atoms with E-state index in [9.17, 15) is 9.90 Å². The molecule has 0 aromatic heterocycles. The Labute approximate surface area is 77.5 Å². The summed E-state index contributed by atoms with van der Waals surface area (Å²) in [7, 11) is 1.30. The minimum atomic E-state index is -0.971. The van der Waals surface area contributed by atoms with E-state index in [-0.39, 0.29) is 0 Å². The van der Waals surface area contributed by atoms with Gasteiger partial charge in [0.15, 0.2) is 6.10 Å². The van der Waals surface area contributed by atoms with Crippen LogP contribution < -0.4 is 0 Å². The highest BCUT2D eigenvalue weighted by Gasteiger charge is 2.52. The number of carbonyl (C=O) groups excluding carboxylic acids is 1. The second-order valence-corrected chi connectivity index (χ2v) is 4.21. The van der Waals surface area contributed by atoms with Crippen LogP contribution in [0.3, 0.4) is 0 Å². The fourth-order valence-corrected chi connectivity index (χ4v) is 1.98. The van der Waals surface area contributed by atoms with Crippen molar-refractivity contribution >= 4 is 5.97 Å². The zero-order chi connectivity index (χ0) is 9.47. The summed E-state index contributed by atoms with van der Waals surface area (Å²) >= 11 is 0. The number of likely N-dealkylation sites (tertiary alicyclic amines) is 1. The minimum absolute atomic E-state index is 0.425. The largest absolute Gasteiger partial charge is 0.467 e. The van der Waals surface area contributed by atoms with Gasteiger partial charge in [-0.3, -0.25) is 4.90 Å². The Hall–Kier alpha value is -0.610. The van der Waals surface area contributed by atoms with Crippen molar-refractivity contribution in [3.63, 3.8) is 0 Å². The van der Waals surface area contributed by atoms with E-state index in [1.807, 2.05) is 0 Å². The van der Waals surface area contributed by atoms with Gasteiger partial charge in [0.1, 0.15) is 0 Å². The van der Waals surface area contributed by atoms with E-state index in [0.29, 0.717) is 12.0 Å². The van der Waals surface area contributed by atoms with Crippen molar-refractivity contribution in [3.05, 3.63) is 0 Å². The third kappa shape index (κ3) is 1.69. The van der Waals surface area contributed by atoms with Crippen molar-refractivity contribution in [1.29, 1.82) is 0 Å². The molecule has 0 radical (unpaired) electrons. The van der Waals surface area contributed by atoms with Crippen molar-refractivity contribution in [2.75, 3.05) is 26.7 Å². The van der Waals surface area contributed by atoms with Gasteiger partial charge in [-0.05, 0) is 18.3 Å². The molecule has 1 unspecified atom stereocenters. The first-order valence-electron chi connectivity index (χ1n) is 4.63. The molecule has 1 spiro atoms. The third-order valence-corrected chi connectivity index (χ3v) is 2.98. The lowest BCUT2D eigenvalue weighted by atomic mass is 9.96. The monoisotopic (exact) mass is 185 g/mol. The summed E-state index contributed by atoms with van der Waals surface area (Å²) in [5.41, 5.74) is 0.579. The predicted octanol–water partition coefficient (Wildman–Crippen LogP) is -0.384. The number of rotatable bonds is 3. The zero-order valence-electron chi connectivity index (χ0n) is 7.82. The molecule has 1 N–H and O–H groups in total. The highest BCUT2D eigenvalue weighted by atomic mass is 16.5. The molecule has 2 aliphatic rings. The number of ether oxygens (including phenoxy) is 1. The molecule has 2 rings (SSSR count). The first-order chi connectivity index (χ1) is 6.15. The van der Waals surface area contributed by atoms with Crippen LogP contribution in [0.25, 0.3) is 0 Å². The number of hydrogen-bond acceptors (Lipinski definition) is 4. The summed E-state index contributed by atoms with van der Waals surface area (Å²) in [4.78, 5) is 13.0. The van der Waals surface area contributed by atoms with Crippen molar-refractivity contribution < 1.29 is 14.6 Å². The molecule has 4 heteroatoms. The van der Waals surface area contributed by atoms with Crippen LogP contribution in [0.2, 0.25) is 0 Å². The Bertz CT molecular complexity index is 217. The number of nitrogens with zero attached hydrogens (tertiary/aromatic N) is 1. The summed E-state index contributed by atoms with van der Waals surface area (Å²) in [6.45, 7) is 2.51. The van der Waals surface area contributed by atoms with Crippen LogP contribution in [0.15, 0.2) is 0 Å². The van der Waals surface area contributed by atoms with Gasteiger partial charge in [-0.25, -0.2) is 4.79 Å². The second kappa shape index (κ2) is 2.96. The van der Waals surface area contributed by atoms with Crippen LogP contribution in [0.4, 0.5) is 0 Å². The van der Waals surface area contributed by atoms with Crippen LogP contribution in [-0.4, -0.2) is 48.8 Å². The molecule has 0 aromatic carbocycles. The maximum atomic E-state index is 10.9. The Kier molecular flexibility index (Phi) is 2.04. The van der Waals surface area contributed by atoms with E-state index >= 15 is 0 Å². The normalized spacial score (nSPS) is 26.6. The molecule has 1 aliphatic heterocycles. The molecule has 0 aromatic rings. The Morgan fingerprint density at radius 2 is 2.23 bits per heavy atom. The molecule has 0 amide bonds. The van der Waals surface area contributed by atoms with Gasteiger partial charge < -0.3 is 9.84 Å². The molecular formula is C9H15NO3. The van der Waals surface area contributed by atoms with Crippen molar-refractivity contribution in [1.82, 2.24) is 4.90 Å². The van der Waals surface area contributed by atoms with Gasteiger partial charge in [-0.1, -0.05) is 0 Å². The van der Waals surface area contributed by atoms with E-state index in [4.69, 9.17) is 0 Å². The lowest BCUT2D eigenvalue weighted by Crippen LogP contribution is -2.52. The highest BCUT2D eigenvalue weighted by Crippen LogP contribution is 2.52. The summed E-state index contributed by atoms with van der Waals surface area (Å²) in [6, 6.07) is 0. The summed E-state index contributed by atoms with van der Waals surface area (Å²) < 4.78 is 4.43. The van der Waals surface area contributed by atoms with E-state index < -0.39 is 12.1 Å². The van der Waals surface area contributed by atoms with Crippen LogP contribution in [0.5, 0.6) is 0 Å². The number of aliphatic hydroxyl groups is 1. The average Bonchev–Trinajstić information content (AvgIpc) is 2.82. The SMILES string of the molecule is COC(=O)C(O)CN1CC2(CC2)C1. The number of aliphatic hydroxyl groups excluding tert-OH is 1. The Morgan fingerprint density at radius 3 is 2.69 bits per heavy atom. The van der Waals surface area contributed by atoms with E-state index in [0.717, 1.165) is 13.1 Å².